The number of nitrogens with two attached hydrogens (primary N) is 1. The number of hydrogen-bond donors (Lipinski definition) is 2. The third kappa shape index (κ3) is 3.28. The van der Waals surface area contributed by atoms with Gasteiger partial charge in [-0.25, -0.2) is 0 Å². The summed E-state index contributed by atoms with van der Waals surface area (Å²) in [5.41, 5.74) is 6.23. The van der Waals surface area contributed by atoms with Crippen molar-refractivity contribution in [2.45, 2.75) is 9.79 Å². The summed E-state index contributed by atoms with van der Waals surface area (Å²) in [5, 5.41) is 8.16. The standard InChI is InChI=1S/C13H10BrClN2S/c14-8-2-1-3-10(6-8)18-12-5-4-9(15)7-11(12)13(16)17/h1-7H,(H3,16,17). The molecule has 0 fully saturated rings. The lowest BCUT2D eigenvalue weighted by Crippen LogP contribution is -2.12. The second-order valence-electron chi connectivity index (χ2n) is 3.61. The molecule has 0 aliphatic rings. The Bertz CT molecular complexity index is 601. The Kier molecular flexibility index (Phi) is 4.32. The summed E-state index contributed by atoms with van der Waals surface area (Å²) in [6.45, 7) is 0. The monoisotopic (exact) mass is 340 g/mol. The van der Waals surface area contributed by atoms with Gasteiger partial charge >= 0.3 is 0 Å². The molecule has 2 rings (SSSR count). The van der Waals surface area contributed by atoms with Gasteiger partial charge in [0.2, 0.25) is 0 Å². The van der Waals surface area contributed by atoms with Crippen molar-refractivity contribution in [1.29, 1.82) is 5.41 Å². The lowest BCUT2D eigenvalue weighted by atomic mass is 10.2. The van der Waals surface area contributed by atoms with Crippen molar-refractivity contribution in [2.24, 2.45) is 5.73 Å². The molecule has 3 N–H and O–H groups in total. The quantitative estimate of drug-likeness (QED) is 0.636. The first kappa shape index (κ1) is 13.5. The minimum atomic E-state index is 0.0231. The molecular formula is C13H10BrClN2S. The zero-order chi connectivity index (χ0) is 13.1. The maximum Gasteiger partial charge on any atom is 0.123 e. The van der Waals surface area contributed by atoms with Gasteiger partial charge < -0.3 is 5.73 Å². The first-order valence-corrected chi connectivity index (χ1v) is 7.12. The molecule has 0 saturated carbocycles. The molecular weight excluding hydrogens is 332 g/mol. The molecule has 0 amide bonds. The Morgan fingerprint density at radius 1 is 1.22 bits per heavy atom. The zero-order valence-electron chi connectivity index (χ0n) is 9.28. The van der Waals surface area contributed by atoms with E-state index < -0.39 is 0 Å². The second-order valence-corrected chi connectivity index (χ2v) is 6.08. The van der Waals surface area contributed by atoms with Gasteiger partial charge in [0.15, 0.2) is 0 Å². The van der Waals surface area contributed by atoms with E-state index in [0.717, 1.165) is 14.3 Å². The Balaban J connectivity index is 2.37. The summed E-state index contributed by atoms with van der Waals surface area (Å²) in [5.74, 6) is 0.0231. The van der Waals surface area contributed by atoms with E-state index in [-0.39, 0.29) is 5.84 Å². The number of nitrogen functional groups attached to an aromatic ring is 1. The molecule has 0 spiro atoms. The molecule has 5 heteroatoms. The van der Waals surface area contributed by atoms with Gasteiger partial charge in [-0.15, -0.1) is 0 Å². The Morgan fingerprint density at radius 3 is 2.67 bits per heavy atom. The molecule has 2 nitrogen and oxygen atoms in total. The van der Waals surface area contributed by atoms with Gasteiger partial charge in [0, 0.05) is 24.8 Å². The molecule has 0 aliphatic carbocycles. The van der Waals surface area contributed by atoms with Crippen molar-refractivity contribution in [1.82, 2.24) is 0 Å². The van der Waals surface area contributed by atoms with Crippen LogP contribution in [0.4, 0.5) is 0 Å². The average molecular weight is 342 g/mol. The minimum Gasteiger partial charge on any atom is -0.384 e. The summed E-state index contributed by atoms with van der Waals surface area (Å²) in [6.07, 6.45) is 0. The van der Waals surface area contributed by atoms with Crippen molar-refractivity contribution >= 4 is 45.1 Å². The predicted molar refractivity (Wildman–Crippen MR) is 80.7 cm³/mol. The van der Waals surface area contributed by atoms with E-state index in [4.69, 9.17) is 22.7 Å². The summed E-state index contributed by atoms with van der Waals surface area (Å²) in [6, 6.07) is 13.4. The van der Waals surface area contributed by atoms with Gasteiger partial charge in [-0.3, -0.25) is 5.41 Å². The third-order valence-electron chi connectivity index (χ3n) is 2.26. The van der Waals surface area contributed by atoms with Crippen LogP contribution in [0, 0.1) is 5.41 Å². The highest BCUT2D eigenvalue weighted by atomic mass is 79.9. The van der Waals surface area contributed by atoms with Crippen LogP contribution in [-0.4, -0.2) is 5.84 Å². The van der Waals surface area contributed by atoms with Gasteiger partial charge in [-0.2, -0.15) is 0 Å². The Morgan fingerprint density at radius 2 is 2.00 bits per heavy atom. The minimum absolute atomic E-state index is 0.0231. The van der Waals surface area contributed by atoms with Crippen molar-refractivity contribution in [2.75, 3.05) is 0 Å². The van der Waals surface area contributed by atoms with Crippen LogP contribution in [0.3, 0.4) is 0 Å². The fourth-order valence-corrected chi connectivity index (χ4v) is 3.18. The maximum atomic E-state index is 7.58. The highest BCUT2D eigenvalue weighted by Crippen LogP contribution is 2.33. The molecule has 0 radical (unpaired) electrons. The van der Waals surface area contributed by atoms with Gasteiger partial charge in [-0.05, 0) is 36.4 Å². The molecule has 0 heterocycles. The van der Waals surface area contributed by atoms with Crippen LogP contribution in [0.1, 0.15) is 5.56 Å². The van der Waals surface area contributed by atoms with Crippen molar-refractivity contribution < 1.29 is 0 Å². The van der Waals surface area contributed by atoms with Crippen molar-refractivity contribution in [3.8, 4) is 0 Å². The SMILES string of the molecule is N=C(N)c1cc(Cl)ccc1Sc1cccc(Br)c1. The van der Waals surface area contributed by atoms with Gasteiger partial charge in [0.25, 0.3) is 0 Å². The molecule has 0 atom stereocenters. The van der Waals surface area contributed by atoms with E-state index in [0.29, 0.717) is 10.6 Å². The molecule has 92 valence electrons. The smallest absolute Gasteiger partial charge is 0.123 e. The molecule has 0 bridgehead atoms. The summed E-state index contributed by atoms with van der Waals surface area (Å²) in [7, 11) is 0. The van der Waals surface area contributed by atoms with Crippen LogP contribution in [0.5, 0.6) is 0 Å². The Labute approximate surface area is 123 Å². The van der Waals surface area contributed by atoms with Crippen LogP contribution in [-0.2, 0) is 0 Å². The largest absolute Gasteiger partial charge is 0.384 e. The highest BCUT2D eigenvalue weighted by Gasteiger charge is 2.08. The molecule has 18 heavy (non-hydrogen) atoms. The number of hydrogen-bond acceptors (Lipinski definition) is 2. The first-order chi connectivity index (χ1) is 8.56. The van der Waals surface area contributed by atoms with Crippen LogP contribution < -0.4 is 5.73 Å². The van der Waals surface area contributed by atoms with E-state index in [1.807, 2.05) is 30.3 Å². The number of halogens is 2. The molecule has 2 aromatic carbocycles. The van der Waals surface area contributed by atoms with Crippen molar-refractivity contribution in [3.05, 3.63) is 57.5 Å². The normalized spacial score (nSPS) is 10.3. The Hall–Kier alpha value is -0.970. The summed E-state index contributed by atoms with van der Waals surface area (Å²) >= 11 is 10.9. The fraction of sp³-hybridized carbons (Fsp3) is 0. The third-order valence-corrected chi connectivity index (χ3v) is 4.05. The number of benzene rings is 2. The van der Waals surface area contributed by atoms with E-state index in [9.17, 15) is 0 Å². The number of rotatable bonds is 3. The maximum absolute atomic E-state index is 7.58. The lowest BCUT2D eigenvalue weighted by Gasteiger charge is -2.08. The summed E-state index contributed by atoms with van der Waals surface area (Å²) < 4.78 is 1.02. The first-order valence-electron chi connectivity index (χ1n) is 5.13. The van der Waals surface area contributed by atoms with Gasteiger partial charge in [0.1, 0.15) is 5.84 Å². The van der Waals surface area contributed by atoms with E-state index >= 15 is 0 Å². The van der Waals surface area contributed by atoms with Crippen LogP contribution >= 0.6 is 39.3 Å². The van der Waals surface area contributed by atoms with Crippen LogP contribution in [0.2, 0.25) is 5.02 Å². The summed E-state index contributed by atoms with van der Waals surface area (Å²) in [4.78, 5) is 2.00. The predicted octanol–water partition coefficient (Wildman–Crippen LogP) is 4.54. The zero-order valence-corrected chi connectivity index (χ0v) is 12.4. The average Bonchev–Trinajstić information content (AvgIpc) is 2.31. The van der Waals surface area contributed by atoms with Crippen molar-refractivity contribution in [3.63, 3.8) is 0 Å². The van der Waals surface area contributed by atoms with Crippen LogP contribution in [0.15, 0.2) is 56.7 Å². The topological polar surface area (TPSA) is 49.9 Å². The van der Waals surface area contributed by atoms with E-state index in [1.54, 1.807) is 23.9 Å². The number of amidine groups is 1. The molecule has 0 aliphatic heterocycles. The molecule has 2 aromatic rings. The van der Waals surface area contributed by atoms with E-state index in [1.165, 1.54) is 0 Å². The van der Waals surface area contributed by atoms with Crippen LogP contribution in [0.25, 0.3) is 0 Å². The van der Waals surface area contributed by atoms with Gasteiger partial charge in [-0.1, -0.05) is 45.4 Å². The highest BCUT2D eigenvalue weighted by molar-refractivity contribution is 9.10. The van der Waals surface area contributed by atoms with Gasteiger partial charge in [0.05, 0.1) is 0 Å². The lowest BCUT2D eigenvalue weighted by molar-refractivity contribution is 1.33. The molecule has 0 saturated heterocycles. The number of nitrogens with one attached hydrogen (secondary N) is 1. The fourth-order valence-electron chi connectivity index (χ4n) is 1.46. The van der Waals surface area contributed by atoms with E-state index in [2.05, 4.69) is 15.9 Å². The molecule has 0 aromatic heterocycles. The second kappa shape index (κ2) is 5.78. The molecule has 0 unspecified atom stereocenters.